The topological polar surface area (TPSA) is 33.5 Å². The molecule has 1 aliphatic heterocycles. The molecule has 0 fully saturated rings. The summed E-state index contributed by atoms with van der Waals surface area (Å²) in [5.41, 5.74) is 26.5. The number of para-hydroxylation sites is 1. The predicted octanol–water partition coefficient (Wildman–Crippen LogP) is 16.8. The van der Waals surface area contributed by atoms with Crippen LogP contribution in [-0.2, 0) is 5.41 Å². The number of hydrogen-bond donors (Lipinski definition) is 0. The largest absolute Gasteiger partial charge is 0.457 e. The van der Waals surface area contributed by atoms with E-state index in [0.717, 1.165) is 28.5 Å². The van der Waals surface area contributed by atoms with Gasteiger partial charge in [0.1, 0.15) is 24.0 Å². The third kappa shape index (κ3) is 5.72. The molecule has 5 nitrogen and oxygen atoms in total. The Morgan fingerprint density at radius 1 is 0.459 bits per heavy atom. The highest BCUT2D eigenvalue weighted by Crippen LogP contribution is 2.62. The summed E-state index contributed by atoms with van der Waals surface area (Å²) < 4.78 is 9.50. The molecule has 0 amide bonds. The van der Waals surface area contributed by atoms with Crippen molar-refractivity contribution in [3.8, 4) is 17.3 Å². The van der Waals surface area contributed by atoms with Gasteiger partial charge in [0.2, 0.25) is 0 Å². The zero-order chi connectivity index (χ0) is 49.1. The van der Waals surface area contributed by atoms with Gasteiger partial charge in [-0.2, -0.15) is 0 Å². The zero-order valence-corrected chi connectivity index (χ0v) is 41.8. The zero-order valence-electron chi connectivity index (χ0n) is 41.8. The van der Waals surface area contributed by atoms with Crippen molar-refractivity contribution < 1.29 is 4.74 Å². The summed E-state index contributed by atoms with van der Waals surface area (Å²) in [6.45, 7) is 9.76. The third-order valence-corrected chi connectivity index (χ3v) is 17.3. The highest BCUT2D eigenvalue weighted by Gasteiger charge is 2.47. The number of nitrogens with zero attached hydrogens (tertiary/aromatic N) is 4. The molecule has 0 spiro atoms. The van der Waals surface area contributed by atoms with Crippen molar-refractivity contribution in [1.82, 2.24) is 9.55 Å². The molecular weight excluding hydrogens is 901 g/mol. The maximum atomic E-state index is 7.06. The van der Waals surface area contributed by atoms with Crippen LogP contribution in [0.5, 0.6) is 11.5 Å². The first-order chi connectivity index (χ1) is 36.3. The van der Waals surface area contributed by atoms with Crippen LogP contribution in [0.4, 0.5) is 22.7 Å². The van der Waals surface area contributed by atoms with Crippen LogP contribution in [0.3, 0.4) is 0 Å². The molecule has 0 atom stereocenters. The lowest BCUT2D eigenvalue weighted by Gasteiger charge is -2.43. The molecule has 0 unspecified atom stereocenters. The van der Waals surface area contributed by atoms with Gasteiger partial charge in [0.25, 0.3) is 0 Å². The lowest BCUT2D eigenvalue weighted by molar-refractivity contribution is 0.483. The molecule has 11 aromatic rings. The Labute approximate surface area is 431 Å². The van der Waals surface area contributed by atoms with Crippen molar-refractivity contribution in [2.24, 2.45) is 0 Å². The number of ether oxygens (including phenoxy) is 1. The minimum absolute atomic E-state index is 0.0608. The maximum Gasteiger partial charge on any atom is 0.137 e. The van der Waals surface area contributed by atoms with Crippen molar-refractivity contribution in [3.05, 3.63) is 284 Å². The monoisotopic (exact) mass is 952 g/mol. The first-order valence-corrected chi connectivity index (χ1v) is 26.3. The molecule has 6 aliphatic carbocycles. The van der Waals surface area contributed by atoms with Gasteiger partial charge in [0.15, 0.2) is 0 Å². The van der Waals surface area contributed by atoms with E-state index in [1.165, 1.54) is 111 Å². The fourth-order valence-electron chi connectivity index (χ4n) is 14.2. The van der Waals surface area contributed by atoms with Crippen molar-refractivity contribution in [2.75, 3.05) is 16.5 Å². The van der Waals surface area contributed by atoms with E-state index in [4.69, 9.17) is 9.72 Å². The Kier molecular flexibility index (Phi) is 8.60. The van der Waals surface area contributed by atoms with Gasteiger partial charge in [-0.1, -0.05) is 160 Å². The second-order valence-corrected chi connectivity index (χ2v) is 22.2. The van der Waals surface area contributed by atoms with Gasteiger partial charge in [0.05, 0.1) is 22.4 Å². The summed E-state index contributed by atoms with van der Waals surface area (Å²) >= 11 is 0. The lowest BCUT2D eigenvalue weighted by atomic mass is 9.60. The van der Waals surface area contributed by atoms with Gasteiger partial charge < -0.3 is 14.5 Å². The molecule has 0 N–H and O–H groups in total. The van der Waals surface area contributed by atoms with Gasteiger partial charge in [-0.15, -0.1) is 0 Å². The third-order valence-electron chi connectivity index (χ3n) is 17.3. The number of pyridine rings is 1. The fourth-order valence-corrected chi connectivity index (χ4v) is 14.2. The molecule has 7 aliphatic rings. The quantitative estimate of drug-likeness (QED) is 0.172. The highest BCUT2D eigenvalue weighted by molar-refractivity contribution is 6.12. The van der Waals surface area contributed by atoms with Crippen molar-refractivity contribution in [1.29, 1.82) is 0 Å². The molecule has 0 saturated carbocycles. The fraction of sp³-hybridized carbons (Fsp3) is 0.145. The molecule has 0 saturated heterocycles. The van der Waals surface area contributed by atoms with Crippen molar-refractivity contribution >= 4 is 44.6 Å². The van der Waals surface area contributed by atoms with Crippen LogP contribution in [0, 0.1) is 6.92 Å². The predicted molar refractivity (Wildman–Crippen MR) is 300 cm³/mol. The van der Waals surface area contributed by atoms with E-state index in [1.54, 1.807) is 0 Å². The minimum Gasteiger partial charge on any atom is -0.457 e. The Balaban J connectivity index is 0.838. The van der Waals surface area contributed by atoms with E-state index in [-0.39, 0.29) is 29.1 Å². The SMILES string of the molecule is Cc1ccccc1N1CN(c2cccc(Oc3ccc4c5ccc6c(c5n(-c5cc(C(C)(C)C)ccn5)c4c3)C3c4ccccc4C6c4ccccc43)c2)c2ccc3c(c21)C1c2ccccc2C3c2ccccc21. The molecular formula is C69H52N4O. The number of rotatable bonds is 5. The van der Waals surface area contributed by atoms with Crippen LogP contribution in [0.25, 0.3) is 27.6 Å². The van der Waals surface area contributed by atoms with Crippen LogP contribution in [0.15, 0.2) is 206 Å². The summed E-state index contributed by atoms with van der Waals surface area (Å²) in [5, 5.41) is 2.41. The Morgan fingerprint density at radius 2 is 1.01 bits per heavy atom. The Morgan fingerprint density at radius 3 is 1.65 bits per heavy atom. The van der Waals surface area contributed by atoms with E-state index in [2.05, 4.69) is 242 Å². The number of hydrogen-bond acceptors (Lipinski definition) is 4. The van der Waals surface area contributed by atoms with E-state index < -0.39 is 0 Å². The van der Waals surface area contributed by atoms with Crippen LogP contribution in [-0.4, -0.2) is 16.2 Å². The summed E-state index contributed by atoms with van der Waals surface area (Å²) in [7, 11) is 0. The Hall–Kier alpha value is -8.67. The second-order valence-electron chi connectivity index (χ2n) is 22.2. The number of aryl methyl sites for hydroxylation is 1. The van der Waals surface area contributed by atoms with Crippen molar-refractivity contribution in [2.45, 2.75) is 56.8 Å². The summed E-state index contributed by atoms with van der Waals surface area (Å²) in [5.74, 6) is 3.09. The van der Waals surface area contributed by atoms with Crippen LogP contribution in [0.1, 0.15) is 122 Å². The van der Waals surface area contributed by atoms with Crippen LogP contribution in [0.2, 0.25) is 0 Å². The van der Waals surface area contributed by atoms with E-state index in [9.17, 15) is 0 Å². The number of fused-ring (bicyclic) bond motifs is 4. The molecule has 4 bridgehead atoms. The van der Waals surface area contributed by atoms with Gasteiger partial charge in [-0.05, 0) is 139 Å². The Bertz CT molecular complexity index is 4120. The molecule has 2 aromatic heterocycles. The lowest BCUT2D eigenvalue weighted by Crippen LogP contribution is -2.29. The maximum absolute atomic E-state index is 7.06. The number of benzene rings is 9. The van der Waals surface area contributed by atoms with E-state index >= 15 is 0 Å². The second kappa shape index (κ2) is 15.2. The van der Waals surface area contributed by atoms with Gasteiger partial charge in [0, 0.05) is 64.1 Å². The smallest absolute Gasteiger partial charge is 0.137 e. The number of anilines is 4. The molecule has 354 valence electrons. The molecule has 74 heavy (non-hydrogen) atoms. The minimum atomic E-state index is -0.0608. The molecule has 18 rings (SSSR count). The molecule has 9 aromatic carbocycles. The molecule has 5 heteroatoms. The van der Waals surface area contributed by atoms with E-state index in [1.807, 2.05) is 6.20 Å². The van der Waals surface area contributed by atoms with Gasteiger partial charge in [-0.25, -0.2) is 4.98 Å². The van der Waals surface area contributed by atoms with Crippen LogP contribution < -0.4 is 14.5 Å². The standard InChI is InChI=1S/C69H52N4O/c1-40-16-5-14-27-57(40)72-39-71(58-33-32-56-62-48-21-8-12-25-52(48)64(66(56)68(58)72)53-26-13-9-22-49(53)62)42-17-15-18-43(37-42)74-44-28-29-45-54-30-31-55-61-46-19-6-10-23-50(46)63(51-24-11-7-20-47(51)61)65(55)67(54)73(59(45)38-44)60-36-41(34-35-70-60)69(2,3)4/h5-38,61-64H,39H2,1-4H3. The molecule has 3 heterocycles. The average Bonchev–Trinajstić information content (AvgIpc) is 4.11. The van der Waals surface area contributed by atoms with Gasteiger partial charge in [-0.3, -0.25) is 4.57 Å². The number of aromatic nitrogens is 2. The average molecular weight is 953 g/mol. The summed E-state index contributed by atoms with van der Waals surface area (Å²) in [6, 6.07) is 74.7. The normalized spacial score (nSPS) is 18.2. The highest BCUT2D eigenvalue weighted by atomic mass is 16.5. The molecule has 0 radical (unpaired) electrons. The van der Waals surface area contributed by atoms with Crippen molar-refractivity contribution in [3.63, 3.8) is 0 Å². The summed E-state index contributed by atoms with van der Waals surface area (Å²) in [4.78, 5) is 10.2. The first-order valence-electron chi connectivity index (χ1n) is 26.3. The van der Waals surface area contributed by atoms with E-state index in [0.29, 0.717) is 6.67 Å². The summed E-state index contributed by atoms with van der Waals surface area (Å²) in [6.07, 6.45) is 1.99. The first kappa shape index (κ1) is 41.9. The van der Waals surface area contributed by atoms with Gasteiger partial charge >= 0.3 is 0 Å². The van der Waals surface area contributed by atoms with Crippen LogP contribution >= 0.6 is 0 Å².